The van der Waals surface area contributed by atoms with Crippen LogP contribution in [0.1, 0.15) is 20.8 Å². The van der Waals surface area contributed by atoms with Gasteiger partial charge in [-0.2, -0.15) is 0 Å². The number of nitrogens with one attached hydrogen (secondary N) is 1. The first-order valence-electron chi connectivity index (χ1n) is 18.3. The molecule has 5 fully saturated rings. The minimum Gasteiger partial charge on any atom is -0.394 e. The van der Waals surface area contributed by atoms with Gasteiger partial charge < -0.3 is 119 Å². The lowest BCUT2D eigenvalue weighted by Crippen LogP contribution is -2.69. The molecule has 5 aliphatic heterocycles. The maximum atomic E-state index is 12.2. The molecule has 0 aromatic rings. The smallest absolute Gasteiger partial charge is 0.217 e. The molecule has 0 aromatic carbocycles. The number of ether oxygens (including phenoxy) is 9. The van der Waals surface area contributed by atoms with Crippen LogP contribution < -0.4 is 5.32 Å². The monoisotopic (exact) mass is 837 g/mol. The fourth-order valence-corrected chi connectivity index (χ4v) is 7.26. The van der Waals surface area contributed by atoms with Gasteiger partial charge in [0, 0.05) is 6.92 Å². The molecule has 25 heteroatoms. The summed E-state index contributed by atoms with van der Waals surface area (Å²) < 4.78 is 52.1. The molecule has 332 valence electrons. The lowest BCUT2D eigenvalue weighted by Gasteiger charge is -2.51. The van der Waals surface area contributed by atoms with Gasteiger partial charge in [0.15, 0.2) is 31.5 Å². The molecule has 0 bridgehead atoms. The Bertz CT molecular complexity index is 1290. The van der Waals surface area contributed by atoms with Crippen LogP contribution in [-0.2, 0) is 47.4 Å². The molecule has 5 rings (SSSR count). The van der Waals surface area contributed by atoms with Crippen LogP contribution in [0.3, 0.4) is 0 Å². The molecule has 5 aliphatic rings. The Morgan fingerprint density at radius 1 is 0.456 bits per heavy atom. The summed E-state index contributed by atoms with van der Waals surface area (Å²) in [5.74, 6) is -0.750. The lowest BCUT2D eigenvalue weighted by atomic mass is 9.95. The van der Waals surface area contributed by atoms with Crippen LogP contribution in [0.5, 0.6) is 0 Å². The van der Waals surface area contributed by atoms with Crippen molar-refractivity contribution < 1.29 is 119 Å². The standard InChI is InChI=1S/C32H55NO24/c1-7-14(38)24(54-30-22(46)20(44)17(41)11(5-35)52-30)26(28(48)49-7)56-32-27(57-29-13(33-9(3)37)19(43)16(40)10(4-34)51-29)25(15(39)8(2)50-32)55-31-23(47)21(45)18(42)12(6-36)53-31/h7-8,10-32,34-36,38-48H,4-6H2,1-3H3,(H,33,37)/t7-,8-,10+,11+,12+,13+,14-,15-,16+,17+,18+,19+,20+,21-,22+,23+,24+,25+,26+,27+,28+,29-,30+,31+,32-/m0/s1. The van der Waals surface area contributed by atoms with Gasteiger partial charge >= 0.3 is 0 Å². The molecule has 57 heavy (non-hydrogen) atoms. The third-order valence-corrected chi connectivity index (χ3v) is 10.6. The van der Waals surface area contributed by atoms with E-state index in [4.69, 9.17) is 42.6 Å². The summed E-state index contributed by atoms with van der Waals surface area (Å²) in [5.41, 5.74) is 0. The molecule has 0 aromatic heterocycles. The van der Waals surface area contributed by atoms with E-state index in [-0.39, 0.29) is 0 Å². The predicted octanol–water partition coefficient (Wildman–Crippen LogP) is -9.73. The van der Waals surface area contributed by atoms with Crippen molar-refractivity contribution in [2.75, 3.05) is 19.8 Å². The number of hydrogen-bond acceptors (Lipinski definition) is 24. The summed E-state index contributed by atoms with van der Waals surface area (Å²) in [6.07, 6.45) is -42.6. The molecule has 5 heterocycles. The Morgan fingerprint density at radius 2 is 0.842 bits per heavy atom. The Morgan fingerprint density at radius 3 is 1.30 bits per heavy atom. The van der Waals surface area contributed by atoms with Gasteiger partial charge in [0.1, 0.15) is 110 Å². The van der Waals surface area contributed by atoms with Crippen molar-refractivity contribution in [3.05, 3.63) is 0 Å². The van der Waals surface area contributed by atoms with Crippen molar-refractivity contribution in [1.29, 1.82) is 0 Å². The van der Waals surface area contributed by atoms with E-state index >= 15 is 0 Å². The van der Waals surface area contributed by atoms with Crippen molar-refractivity contribution >= 4 is 5.91 Å². The number of aliphatic hydroxyl groups is 14. The first-order valence-corrected chi connectivity index (χ1v) is 18.3. The number of hydrogen-bond donors (Lipinski definition) is 15. The number of carbonyl (C=O) groups excluding carboxylic acids is 1. The second-order valence-corrected chi connectivity index (χ2v) is 14.7. The average molecular weight is 838 g/mol. The van der Waals surface area contributed by atoms with E-state index in [1.54, 1.807) is 0 Å². The van der Waals surface area contributed by atoms with E-state index < -0.39 is 179 Å². The zero-order valence-corrected chi connectivity index (χ0v) is 30.9. The Balaban J connectivity index is 1.52. The molecule has 0 spiro atoms. The van der Waals surface area contributed by atoms with Crippen molar-refractivity contribution in [2.45, 2.75) is 174 Å². The number of aliphatic hydroxyl groups excluding tert-OH is 14. The van der Waals surface area contributed by atoms with Crippen LogP contribution in [-0.4, -0.2) is 251 Å². The van der Waals surface area contributed by atoms with Crippen LogP contribution in [0, 0.1) is 0 Å². The summed E-state index contributed by atoms with van der Waals surface area (Å²) in [5, 5.41) is 150. The molecule has 25 nitrogen and oxygen atoms in total. The van der Waals surface area contributed by atoms with Crippen LogP contribution in [0.2, 0.25) is 0 Å². The quantitative estimate of drug-likeness (QED) is 0.0867. The van der Waals surface area contributed by atoms with E-state index in [1.807, 2.05) is 0 Å². The van der Waals surface area contributed by atoms with Gasteiger partial charge in [0.05, 0.1) is 32.0 Å². The predicted molar refractivity (Wildman–Crippen MR) is 175 cm³/mol. The molecule has 0 unspecified atom stereocenters. The minimum absolute atomic E-state index is 0.750. The minimum atomic E-state index is -2.02. The highest BCUT2D eigenvalue weighted by molar-refractivity contribution is 5.73. The third-order valence-electron chi connectivity index (χ3n) is 10.6. The van der Waals surface area contributed by atoms with Gasteiger partial charge in [-0.05, 0) is 13.8 Å². The highest BCUT2D eigenvalue weighted by Gasteiger charge is 2.57. The molecule has 0 aliphatic carbocycles. The summed E-state index contributed by atoms with van der Waals surface area (Å²) in [7, 11) is 0. The van der Waals surface area contributed by atoms with Crippen molar-refractivity contribution in [3.63, 3.8) is 0 Å². The molecule has 15 N–H and O–H groups in total. The van der Waals surface area contributed by atoms with E-state index in [1.165, 1.54) is 13.8 Å². The Kier molecular flexibility index (Phi) is 16.0. The number of carbonyl (C=O) groups is 1. The van der Waals surface area contributed by atoms with Crippen LogP contribution in [0.15, 0.2) is 0 Å². The molecule has 25 atom stereocenters. The second kappa shape index (κ2) is 19.5. The highest BCUT2D eigenvalue weighted by atomic mass is 16.8. The van der Waals surface area contributed by atoms with Gasteiger partial charge in [-0.3, -0.25) is 4.79 Å². The Labute approximate surface area is 324 Å². The van der Waals surface area contributed by atoms with Crippen LogP contribution in [0.4, 0.5) is 0 Å². The molecule has 0 saturated carbocycles. The largest absolute Gasteiger partial charge is 0.394 e. The fourth-order valence-electron chi connectivity index (χ4n) is 7.26. The van der Waals surface area contributed by atoms with Gasteiger partial charge in [0.25, 0.3) is 0 Å². The molecule has 5 saturated heterocycles. The molecular weight excluding hydrogens is 782 g/mol. The van der Waals surface area contributed by atoms with Crippen molar-refractivity contribution in [2.24, 2.45) is 0 Å². The Hall–Kier alpha value is -1.45. The topological polar surface area (TPSA) is 395 Å². The molecular formula is C32H55NO24. The highest BCUT2D eigenvalue weighted by Crippen LogP contribution is 2.37. The van der Waals surface area contributed by atoms with E-state index in [9.17, 15) is 76.3 Å². The van der Waals surface area contributed by atoms with E-state index in [0.717, 1.165) is 6.92 Å². The zero-order chi connectivity index (χ0) is 42.2. The zero-order valence-electron chi connectivity index (χ0n) is 30.9. The van der Waals surface area contributed by atoms with Crippen molar-refractivity contribution in [3.8, 4) is 0 Å². The van der Waals surface area contributed by atoms with Gasteiger partial charge in [-0.15, -0.1) is 0 Å². The maximum Gasteiger partial charge on any atom is 0.217 e. The lowest BCUT2D eigenvalue weighted by molar-refractivity contribution is -0.408. The first-order chi connectivity index (χ1) is 26.8. The van der Waals surface area contributed by atoms with Crippen molar-refractivity contribution in [1.82, 2.24) is 5.32 Å². The molecule has 1 amide bonds. The summed E-state index contributed by atoms with van der Waals surface area (Å²) >= 11 is 0. The SMILES string of the molecule is CC(=O)N[C@H]1[C@H](O[C@H]2[C@H](O[C@@H]3[C@H](O[C@H]4O[C@H](CO)[C@@H](O)[C@@H](O)[C@H]4O)[C@@H](O)[C@H](C)O[C@H]3O)O[C@@H](C)[C@H](O)[C@H]2O[C@H]2O[C@H](CO)[C@@H](O)[C@H](O)[C@H]2O)O[C@H](CO)[C@@H](O)[C@@H]1O. The van der Waals surface area contributed by atoms with Gasteiger partial charge in [-0.1, -0.05) is 0 Å². The van der Waals surface area contributed by atoms with Gasteiger partial charge in [0.2, 0.25) is 5.91 Å². The fraction of sp³-hybridized carbons (Fsp3) is 0.969. The third kappa shape index (κ3) is 9.71. The second-order valence-electron chi connectivity index (χ2n) is 14.7. The van der Waals surface area contributed by atoms with E-state index in [2.05, 4.69) is 5.32 Å². The normalized spacial score (nSPS) is 52.3. The summed E-state index contributed by atoms with van der Waals surface area (Å²) in [4.78, 5) is 12.2. The average Bonchev–Trinajstić information content (AvgIpc) is 3.17. The first kappa shape index (κ1) is 46.6. The van der Waals surface area contributed by atoms with Crippen LogP contribution in [0.25, 0.3) is 0 Å². The summed E-state index contributed by atoms with van der Waals surface area (Å²) in [6.45, 7) is 1.13. The van der Waals surface area contributed by atoms with Crippen LogP contribution >= 0.6 is 0 Å². The number of rotatable bonds is 12. The molecule has 0 radical (unpaired) electrons. The van der Waals surface area contributed by atoms with E-state index in [0.29, 0.717) is 0 Å². The van der Waals surface area contributed by atoms with Gasteiger partial charge in [-0.25, -0.2) is 0 Å². The summed E-state index contributed by atoms with van der Waals surface area (Å²) in [6, 6.07) is -1.61. The maximum absolute atomic E-state index is 12.2. The number of amides is 1.